The fraction of sp³-hybridized carbons (Fsp3) is 0.400. The summed E-state index contributed by atoms with van der Waals surface area (Å²) in [5.41, 5.74) is 5.50. The lowest BCUT2D eigenvalue weighted by Gasteiger charge is -2.16. The molecule has 78 valence electrons. The number of nitrogens with two attached hydrogens (primary N) is 1. The lowest BCUT2D eigenvalue weighted by atomic mass is 10.0. The summed E-state index contributed by atoms with van der Waals surface area (Å²) in [5.74, 6) is -1.95. The van der Waals surface area contributed by atoms with Gasteiger partial charge in [-0.05, 0) is 19.4 Å². The van der Waals surface area contributed by atoms with Gasteiger partial charge in [-0.1, -0.05) is 12.1 Å². The highest BCUT2D eigenvalue weighted by molar-refractivity contribution is 5.27. The van der Waals surface area contributed by atoms with Crippen molar-refractivity contribution in [1.82, 2.24) is 0 Å². The Morgan fingerprint density at radius 2 is 1.86 bits per heavy atom. The molecule has 1 aromatic carbocycles. The van der Waals surface area contributed by atoms with Gasteiger partial charge < -0.3 is 10.8 Å². The third-order valence-electron chi connectivity index (χ3n) is 2.12. The maximum atomic E-state index is 13.3. The molecule has 0 aliphatic heterocycles. The van der Waals surface area contributed by atoms with Crippen LogP contribution in [-0.2, 0) is 0 Å². The molecule has 4 heteroatoms. The molecule has 0 saturated carbocycles. The largest absolute Gasteiger partial charge is 0.387 e. The Kier molecular flexibility index (Phi) is 3.18. The van der Waals surface area contributed by atoms with E-state index < -0.39 is 23.8 Å². The molecule has 0 radical (unpaired) electrons. The fourth-order valence-corrected chi connectivity index (χ4v) is 1.17. The monoisotopic (exact) mass is 201 g/mol. The van der Waals surface area contributed by atoms with Crippen LogP contribution in [0.4, 0.5) is 8.78 Å². The number of rotatable bonds is 2. The highest BCUT2D eigenvalue weighted by Crippen LogP contribution is 2.22. The second kappa shape index (κ2) is 4.02. The third-order valence-corrected chi connectivity index (χ3v) is 2.12. The smallest absolute Gasteiger partial charge is 0.164 e. The number of benzene rings is 1. The van der Waals surface area contributed by atoms with Crippen LogP contribution in [0.3, 0.4) is 0 Å². The predicted octanol–water partition coefficient (Wildman–Crippen LogP) is 1.65. The predicted molar refractivity (Wildman–Crippen MR) is 49.7 cm³/mol. The molecule has 2 nitrogen and oxygen atoms in total. The summed E-state index contributed by atoms with van der Waals surface area (Å²) in [5, 5.41) is 9.46. The van der Waals surface area contributed by atoms with E-state index in [-0.39, 0.29) is 11.1 Å². The molecule has 3 N–H and O–H groups in total. The average Bonchev–Trinajstić information content (AvgIpc) is 2.13. The molecular weight excluding hydrogens is 188 g/mol. The van der Waals surface area contributed by atoms with Crippen LogP contribution >= 0.6 is 0 Å². The molecule has 2 atom stereocenters. The van der Waals surface area contributed by atoms with Crippen LogP contribution in [0.1, 0.15) is 24.2 Å². The first kappa shape index (κ1) is 11.1. The van der Waals surface area contributed by atoms with E-state index in [0.29, 0.717) is 0 Å². The number of aliphatic hydroxyl groups excluding tert-OH is 1. The van der Waals surface area contributed by atoms with Gasteiger partial charge in [0, 0.05) is 11.6 Å². The minimum atomic E-state index is -1.18. The SMILES string of the molecule is Cc1ccc([C@H](O)[C@@H](C)N)c(F)c1F. The van der Waals surface area contributed by atoms with Crippen molar-refractivity contribution in [3.63, 3.8) is 0 Å². The molecule has 0 spiro atoms. The number of aryl methyl sites for hydroxylation is 1. The van der Waals surface area contributed by atoms with E-state index in [1.165, 1.54) is 26.0 Å². The second-order valence-corrected chi connectivity index (χ2v) is 3.40. The number of hydrogen-bond donors (Lipinski definition) is 2. The molecule has 0 heterocycles. The zero-order valence-electron chi connectivity index (χ0n) is 8.09. The van der Waals surface area contributed by atoms with Crippen molar-refractivity contribution in [2.75, 3.05) is 0 Å². The molecule has 0 saturated heterocycles. The van der Waals surface area contributed by atoms with Crippen LogP contribution in [0.25, 0.3) is 0 Å². The topological polar surface area (TPSA) is 46.2 Å². The van der Waals surface area contributed by atoms with E-state index in [2.05, 4.69) is 0 Å². The molecule has 0 aliphatic carbocycles. The summed E-state index contributed by atoms with van der Waals surface area (Å²) in [4.78, 5) is 0. The Balaban J connectivity index is 3.17. The van der Waals surface area contributed by atoms with Crippen LogP contribution in [0.5, 0.6) is 0 Å². The molecule has 0 unspecified atom stereocenters. The minimum absolute atomic E-state index is 0.0944. The van der Waals surface area contributed by atoms with Crippen molar-refractivity contribution >= 4 is 0 Å². The summed E-state index contributed by atoms with van der Waals surface area (Å²) < 4.78 is 26.4. The van der Waals surface area contributed by atoms with Crippen LogP contribution < -0.4 is 5.73 Å². The summed E-state index contributed by atoms with van der Waals surface area (Å²) in [7, 11) is 0. The zero-order valence-corrected chi connectivity index (χ0v) is 8.09. The van der Waals surface area contributed by atoms with Gasteiger partial charge in [-0.2, -0.15) is 0 Å². The Labute approximate surface area is 81.4 Å². The lowest BCUT2D eigenvalue weighted by molar-refractivity contribution is 0.148. The number of aliphatic hydroxyl groups is 1. The normalized spacial score (nSPS) is 15.3. The van der Waals surface area contributed by atoms with Crippen molar-refractivity contribution in [3.8, 4) is 0 Å². The Hall–Kier alpha value is -1.00. The first-order chi connectivity index (χ1) is 6.45. The van der Waals surface area contributed by atoms with Crippen LogP contribution in [0, 0.1) is 18.6 Å². The lowest BCUT2D eigenvalue weighted by Crippen LogP contribution is -2.25. The highest BCUT2D eigenvalue weighted by Gasteiger charge is 2.20. The van der Waals surface area contributed by atoms with Gasteiger partial charge in [0.05, 0.1) is 6.10 Å². The van der Waals surface area contributed by atoms with Crippen molar-refractivity contribution in [1.29, 1.82) is 0 Å². The molecule has 0 amide bonds. The molecule has 1 aromatic rings. The van der Waals surface area contributed by atoms with Crippen LogP contribution in [0.2, 0.25) is 0 Å². The molecule has 1 rings (SSSR count). The third kappa shape index (κ3) is 1.91. The minimum Gasteiger partial charge on any atom is -0.387 e. The van der Waals surface area contributed by atoms with E-state index in [0.717, 1.165) is 0 Å². The van der Waals surface area contributed by atoms with Crippen molar-refractivity contribution in [3.05, 3.63) is 34.9 Å². The van der Waals surface area contributed by atoms with Crippen molar-refractivity contribution < 1.29 is 13.9 Å². The number of hydrogen-bond acceptors (Lipinski definition) is 2. The van der Waals surface area contributed by atoms with Crippen molar-refractivity contribution in [2.45, 2.75) is 26.0 Å². The van der Waals surface area contributed by atoms with Gasteiger partial charge in [-0.15, -0.1) is 0 Å². The molecule has 0 fully saturated rings. The van der Waals surface area contributed by atoms with E-state index in [1.807, 2.05) is 0 Å². The molecule has 14 heavy (non-hydrogen) atoms. The van der Waals surface area contributed by atoms with E-state index in [4.69, 9.17) is 5.73 Å². The first-order valence-electron chi connectivity index (χ1n) is 4.33. The van der Waals surface area contributed by atoms with Crippen molar-refractivity contribution in [2.24, 2.45) is 5.73 Å². The summed E-state index contributed by atoms with van der Waals surface area (Å²) in [6.07, 6.45) is -1.18. The maximum Gasteiger partial charge on any atom is 0.164 e. The number of halogens is 2. The molecule has 0 aromatic heterocycles. The van der Waals surface area contributed by atoms with Gasteiger partial charge in [0.1, 0.15) is 0 Å². The van der Waals surface area contributed by atoms with E-state index >= 15 is 0 Å². The summed E-state index contributed by atoms with van der Waals surface area (Å²) in [6, 6.07) is 2.13. The van der Waals surface area contributed by atoms with Gasteiger partial charge in [-0.3, -0.25) is 0 Å². The van der Waals surface area contributed by atoms with Gasteiger partial charge >= 0.3 is 0 Å². The van der Waals surface area contributed by atoms with Gasteiger partial charge in [0.15, 0.2) is 11.6 Å². The van der Waals surface area contributed by atoms with Crippen LogP contribution in [-0.4, -0.2) is 11.1 Å². The van der Waals surface area contributed by atoms with E-state index in [1.54, 1.807) is 0 Å². The molecule has 0 bridgehead atoms. The Morgan fingerprint density at radius 1 is 1.29 bits per heavy atom. The average molecular weight is 201 g/mol. The molecule has 0 aliphatic rings. The fourth-order valence-electron chi connectivity index (χ4n) is 1.17. The first-order valence-corrected chi connectivity index (χ1v) is 4.33. The quantitative estimate of drug-likeness (QED) is 0.764. The van der Waals surface area contributed by atoms with Gasteiger partial charge in [-0.25, -0.2) is 8.78 Å². The summed E-state index contributed by atoms with van der Waals surface area (Å²) in [6.45, 7) is 2.99. The standard InChI is InChI=1S/C10H13F2NO/c1-5-3-4-7(9(12)8(5)11)10(14)6(2)13/h3-4,6,10,14H,13H2,1-2H3/t6-,10-/m1/s1. The Morgan fingerprint density at radius 3 is 2.36 bits per heavy atom. The second-order valence-electron chi connectivity index (χ2n) is 3.40. The van der Waals surface area contributed by atoms with E-state index in [9.17, 15) is 13.9 Å². The highest BCUT2D eigenvalue weighted by atomic mass is 19.2. The Bertz CT molecular complexity index is 339. The zero-order chi connectivity index (χ0) is 10.9. The maximum absolute atomic E-state index is 13.3. The van der Waals surface area contributed by atoms with Gasteiger partial charge in [0.2, 0.25) is 0 Å². The summed E-state index contributed by atoms with van der Waals surface area (Å²) >= 11 is 0. The molecular formula is C10H13F2NO. The van der Waals surface area contributed by atoms with Crippen LogP contribution in [0.15, 0.2) is 12.1 Å². The van der Waals surface area contributed by atoms with Gasteiger partial charge in [0.25, 0.3) is 0 Å².